The summed E-state index contributed by atoms with van der Waals surface area (Å²) in [5.74, 6) is -0.421. The van der Waals surface area contributed by atoms with Crippen LogP contribution in [-0.2, 0) is 4.79 Å². The lowest BCUT2D eigenvalue weighted by atomic mass is 9.75. The van der Waals surface area contributed by atoms with E-state index < -0.39 is 12.0 Å². The number of carbonyl (C=O) groups excluding carboxylic acids is 1. The number of carbonyl (C=O) groups is 2. The fourth-order valence-corrected chi connectivity index (χ4v) is 4.76. The summed E-state index contributed by atoms with van der Waals surface area (Å²) in [6.07, 6.45) is 5.04. The van der Waals surface area contributed by atoms with Crippen molar-refractivity contribution < 1.29 is 14.7 Å². The molecule has 0 spiro atoms. The molecule has 6 heteroatoms. The van der Waals surface area contributed by atoms with Gasteiger partial charge in [-0.05, 0) is 31.1 Å². The zero-order chi connectivity index (χ0) is 15.6. The Morgan fingerprint density at radius 3 is 2.71 bits per heavy atom. The number of thioether (sulfide) groups is 1. The molecule has 0 aromatic carbocycles. The van der Waals surface area contributed by atoms with Crippen LogP contribution < -0.4 is 5.32 Å². The van der Waals surface area contributed by atoms with Crippen LogP contribution in [-0.4, -0.2) is 45.2 Å². The first-order valence-electron chi connectivity index (χ1n) is 7.77. The number of urea groups is 1. The molecule has 1 heterocycles. The Hall–Kier alpha value is -0.910. The summed E-state index contributed by atoms with van der Waals surface area (Å²) >= 11 is 1.56. The summed E-state index contributed by atoms with van der Waals surface area (Å²) in [5.41, 5.74) is 0.256. The third-order valence-corrected chi connectivity index (χ3v) is 5.95. The van der Waals surface area contributed by atoms with Crippen LogP contribution in [0.3, 0.4) is 0 Å². The summed E-state index contributed by atoms with van der Waals surface area (Å²) in [7, 11) is 0. The van der Waals surface area contributed by atoms with E-state index in [4.69, 9.17) is 0 Å². The number of rotatable bonds is 3. The molecule has 0 aromatic heterocycles. The van der Waals surface area contributed by atoms with E-state index in [0.717, 1.165) is 25.7 Å². The van der Waals surface area contributed by atoms with Crippen molar-refractivity contribution in [2.24, 2.45) is 5.41 Å². The Labute approximate surface area is 130 Å². The van der Waals surface area contributed by atoms with E-state index in [1.54, 1.807) is 11.8 Å². The molecule has 2 rings (SSSR count). The maximum atomic E-state index is 12.5. The molecule has 1 saturated heterocycles. The zero-order valence-corrected chi connectivity index (χ0v) is 13.9. The van der Waals surface area contributed by atoms with Gasteiger partial charge in [-0.3, -0.25) is 4.90 Å². The van der Waals surface area contributed by atoms with Gasteiger partial charge in [0.25, 0.3) is 0 Å². The monoisotopic (exact) mass is 314 g/mol. The second-order valence-corrected chi connectivity index (χ2v) is 8.08. The summed E-state index contributed by atoms with van der Waals surface area (Å²) in [4.78, 5) is 25.4. The topological polar surface area (TPSA) is 69.6 Å². The number of carboxylic acids is 1. The number of amides is 2. The van der Waals surface area contributed by atoms with Crippen LogP contribution in [0.2, 0.25) is 0 Å². The van der Waals surface area contributed by atoms with E-state index in [0.29, 0.717) is 5.75 Å². The van der Waals surface area contributed by atoms with Crippen LogP contribution in [0.1, 0.15) is 52.9 Å². The lowest BCUT2D eigenvalue weighted by Crippen LogP contribution is -2.53. The minimum absolute atomic E-state index is 0.0253. The van der Waals surface area contributed by atoms with Gasteiger partial charge in [0.2, 0.25) is 0 Å². The molecule has 3 unspecified atom stereocenters. The van der Waals surface area contributed by atoms with Gasteiger partial charge in [0.05, 0.1) is 5.37 Å². The molecular weight excluding hydrogens is 288 g/mol. The molecule has 1 aliphatic heterocycles. The van der Waals surface area contributed by atoms with Crippen LogP contribution in [0.5, 0.6) is 0 Å². The maximum absolute atomic E-state index is 12.5. The molecule has 2 fully saturated rings. The predicted octanol–water partition coefficient (Wildman–Crippen LogP) is 2.90. The SMILES string of the molecule is CCC1SCC(C(=O)O)N1C(=O)NC1CCCC(C)(C)C1. The van der Waals surface area contributed by atoms with Crippen molar-refractivity contribution in [2.75, 3.05) is 5.75 Å². The Morgan fingerprint density at radius 1 is 1.43 bits per heavy atom. The number of nitrogens with one attached hydrogen (secondary N) is 1. The molecule has 0 bridgehead atoms. The van der Waals surface area contributed by atoms with Gasteiger partial charge in [-0.25, -0.2) is 9.59 Å². The van der Waals surface area contributed by atoms with E-state index in [2.05, 4.69) is 19.2 Å². The predicted molar refractivity (Wildman–Crippen MR) is 84.4 cm³/mol. The highest BCUT2D eigenvalue weighted by atomic mass is 32.2. The molecule has 21 heavy (non-hydrogen) atoms. The first-order valence-corrected chi connectivity index (χ1v) is 8.82. The van der Waals surface area contributed by atoms with Crippen molar-refractivity contribution in [3.63, 3.8) is 0 Å². The van der Waals surface area contributed by atoms with Crippen LogP contribution in [0.15, 0.2) is 0 Å². The smallest absolute Gasteiger partial charge is 0.327 e. The molecule has 2 amide bonds. The molecule has 3 atom stereocenters. The van der Waals surface area contributed by atoms with Crippen molar-refractivity contribution in [3.05, 3.63) is 0 Å². The van der Waals surface area contributed by atoms with Gasteiger partial charge < -0.3 is 10.4 Å². The van der Waals surface area contributed by atoms with Crippen LogP contribution in [0, 0.1) is 5.41 Å². The van der Waals surface area contributed by atoms with E-state index in [1.165, 1.54) is 11.3 Å². The quantitative estimate of drug-likeness (QED) is 0.840. The normalized spacial score (nSPS) is 32.0. The maximum Gasteiger partial charge on any atom is 0.327 e. The minimum Gasteiger partial charge on any atom is -0.480 e. The molecule has 1 saturated carbocycles. The van der Waals surface area contributed by atoms with Gasteiger partial charge >= 0.3 is 12.0 Å². The minimum atomic E-state index is -0.905. The Balaban J connectivity index is 2.02. The lowest BCUT2D eigenvalue weighted by Gasteiger charge is -2.37. The fraction of sp³-hybridized carbons (Fsp3) is 0.867. The first kappa shape index (κ1) is 16.5. The summed E-state index contributed by atoms with van der Waals surface area (Å²) in [5, 5.41) is 12.4. The Morgan fingerprint density at radius 2 is 2.14 bits per heavy atom. The lowest BCUT2D eigenvalue weighted by molar-refractivity contribution is -0.141. The van der Waals surface area contributed by atoms with E-state index >= 15 is 0 Å². The van der Waals surface area contributed by atoms with Crippen molar-refractivity contribution in [1.29, 1.82) is 0 Å². The molecule has 1 aliphatic carbocycles. The molecule has 2 N–H and O–H groups in total. The second kappa shape index (κ2) is 6.46. The highest BCUT2D eigenvalue weighted by Crippen LogP contribution is 2.36. The van der Waals surface area contributed by atoms with Gasteiger partial charge in [-0.1, -0.05) is 27.2 Å². The molecule has 5 nitrogen and oxygen atoms in total. The highest BCUT2D eigenvalue weighted by molar-refractivity contribution is 8.00. The molecule has 0 aromatic rings. The van der Waals surface area contributed by atoms with Crippen LogP contribution >= 0.6 is 11.8 Å². The number of hydrogen-bond donors (Lipinski definition) is 2. The Bertz CT molecular complexity index is 414. The van der Waals surface area contributed by atoms with Crippen molar-refractivity contribution in [2.45, 2.75) is 70.3 Å². The number of hydrogen-bond acceptors (Lipinski definition) is 3. The van der Waals surface area contributed by atoms with Gasteiger partial charge in [-0.2, -0.15) is 0 Å². The average molecular weight is 314 g/mol. The molecule has 2 aliphatic rings. The van der Waals surface area contributed by atoms with E-state index in [9.17, 15) is 14.7 Å². The van der Waals surface area contributed by atoms with Gasteiger partial charge in [0.15, 0.2) is 0 Å². The first-order chi connectivity index (χ1) is 9.84. The summed E-state index contributed by atoms with van der Waals surface area (Å²) in [6.45, 7) is 6.45. The summed E-state index contributed by atoms with van der Waals surface area (Å²) < 4.78 is 0. The molecule has 0 radical (unpaired) electrons. The van der Waals surface area contributed by atoms with Crippen LogP contribution in [0.4, 0.5) is 4.79 Å². The third-order valence-electron chi connectivity index (χ3n) is 4.49. The number of carboxylic acid groups (broad SMARTS) is 1. The van der Waals surface area contributed by atoms with Gasteiger partial charge in [0.1, 0.15) is 6.04 Å². The summed E-state index contributed by atoms with van der Waals surface area (Å²) in [6, 6.07) is -0.739. The Kier molecular flexibility index (Phi) is 5.07. The van der Waals surface area contributed by atoms with Crippen molar-refractivity contribution in [1.82, 2.24) is 10.2 Å². The van der Waals surface area contributed by atoms with Gasteiger partial charge in [-0.15, -0.1) is 11.8 Å². The third kappa shape index (κ3) is 3.84. The average Bonchev–Trinajstić information content (AvgIpc) is 2.81. The van der Waals surface area contributed by atoms with Gasteiger partial charge in [0, 0.05) is 11.8 Å². The van der Waals surface area contributed by atoms with Crippen LogP contribution in [0.25, 0.3) is 0 Å². The second-order valence-electron chi connectivity index (χ2n) is 6.86. The number of nitrogens with zero attached hydrogens (tertiary/aromatic N) is 1. The highest BCUT2D eigenvalue weighted by Gasteiger charge is 2.41. The van der Waals surface area contributed by atoms with Crippen molar-refractivity contribution in [3.8, 4) is 0 Å². The largest absolute Gasteiger partial charge is 0.480 e. The van der Waals surface area contributed by atoms with E-state index in [1.807, 2.05) is 6.92 Å². The molecular formula is C15H26N2O3S. The fourth-order valence-electron chi connectivity index (χ4n) is 3.41. The number of aliphatic carboxylic acids is 1. The van der Waals surface area contributed by atoms with Crippen molar-refractivity contribution >= 4 is 23.8 Å². The zero-order valence-electron chi connectivity index (χ0n) is 13.1. The standard InChI is InChI=1S/C15H26N2O3S/c1-4-12-17(11(9-21-12)13(18)19)14(20)16-10-6-5-7-15(2,3)8-10/h10-12H,4-9H2,1-3H3,(H,16,20)(H,18,19). The molecule has 120 valence electrons. The van der Waals surface area contributed by atoms with E-state index in [-0.39, 0.29) is 22.9 Å².